The summed E-state index contributed by atoms with van der Waals surface area (Å²) in [7, 11) is 3.62. The molecule has 0 spiro atoms. The molecule has 110 valence electrons. The highest BCUT2D eigenvalue weighted by molar-refractivity contribution is 5.91. The highest BCUT2D eigenvalue weighted by atomic mass is 16.5. The molecule has 2 aliphatic rings. The van der Waals surface area contributed by atoms with Gasteiger partial charge in [-0.05, 0) is 69.8 Å². The first-order valence-electron chi connectivity index (χ1n) is 7.56. The molecular weight excluding hydrogens is 250 g/mol. The number of piperidine rings is 1. The second-order valence-corrected chi connectivity index (χ2v) is 5.70. The zero-order chi connectivity index (χ0) is 14.4. The summed E-state index contributed by atoms with van der Waals surface area (Å²) >= 11 is 0. The molecule has 0 bridgehead atoms. The van der Waals surface area contributed by atoms with E-state index in [1.54, 1.807) is 0 Å². The monoisotopic (exact) mass is 275 g/mol. The van der Waals surface area contributed by atoms with Gasteiger partial charge in [0, 0.05) is 0 Å². The third kappa shape index (κ3) is 4.07. The number of likely N-dealkylation sites (tertiary alicyclic amines) is 1. The van der Waals surface area contributed by atoms with Crippen LogP contribution in [0.2, 0.25) is 0 Å². The lowest BCUT2D eigenvalue weighted by atomic mass is 9.88. The van der Waals surface area contributed by atoms with Crippen LogP contribution in [-0.2, 0) is 9.53 Å². The van der Waals surface area contributed by atoms with Crippen LogP contribution in [0.3, 0.4) is 0 Å². The minimum atomic E-state index is -0.231. The Bertz CT molecular complexity index is 426. The van der Waals surface area contributed by atoms with Gasteiger partial charge in [-0.1, -0.05) is 18.2 Å². The van der Waals surface area contributed by atoms with E-state index in [0.29, 0.717) is 11.5 Å². The summed E-state index contributed by atoms with van der Waals surface area (Å²) < 4.78 is 4.84. The SMILES string of the molecule is COC(=O)C1=C\CCC/C=C(C2CCN(C)CC2)/C=C\1. The van der Waals surface area contributed by atoms with Crippen LogP contribution in [0.4, 0.5) is 0 Å². The van der Waals surface area contributed by atoms with Gasteiger partial charge in [0.2, 0.25) is 0 Å². The Morgan fingerprint density at radius 3 is 2.60 bits per heavy atom. The molecule has 0 amide bonds. The van der Waals surface area contributed by atoms with E-state index in [0.717, 1.165) is 32.4 Å². The van der Waals surface area contributed by atoms with Crippen molar-refractivity contribution in [3.63, 3.8) is 0 Å². The molecule has 0 aromatic carbocycles. The molecule has 0 saturated carbocycles. The van der Waals surface area contributed by atoms with E-state index >= 15 is 0 Å². The van der Waals surface area contributed by atoms with Crippen molar-refractivity contribution in [3.05, 3.63) is 35.5 Å². The maximum absolute atomic E-state index is 11.7. The third-order valence-electron chi connectivity index (χ3n) is 4.22. The van der Waals surface area contributed by atoms with Crippen molar-refractivity contribution in [1.82, 2.24) is 4.90 Å². The first-order valence-corrected chi connectivity index (χ1v) is 7.56. The molecule has 0 N–H and O–H groups in total. The minimum Gasteiger partial charge on any atom is -0.465 e. The first kappa shape index (κ1) is 15.0. The van der Waals surface area contributed by atoms with Gasteiger partial charge in [-0.2, -0.15) is 0 Å². The quantitative estimate of drug-likeness (QED) is 0.725. The smallest absolute Gasteiger partial charge is 0.337 e. The number of ether oxygens (including phenoxy) is 1. The van der Waals surface area contributed by atoms with E-state index < -0.39 is 0 Å². The number of allylic oxidation sites excluding steroid dienone is 4. The average Bonchev–Trinajstić information content (AvgIpc) is 2.59. The first-order chi connectivity index (χ1) is 9.70. The van der Waals surface area contributed by atoms with Crippen molar-refractivity contribution in [2.75, 3.05) is 27.2 Å². The minimum absolute atomic E-state index is 0.231. The lowest BCUT2D eigenvalue weighted by Crippen LogP contribution is -2.30. The summed E-state index contributed by atoms with van der Waals surface area (Å²) in [6.07, 6.45) is 14.0. The van der Waals surface area contributed by atoms with E-state index in [-0.39, 0.29) is 5.97 Å². The molecule has 2 rings (SSSR count). The Morgan fingerprint density at radius 1 is 1.20 bits per heavy atom. The number of hydrogen-bond donors (Lipinski definition) is 0. The second kappa shape index (κ2) is 7.44. The molecule has 0 radical (unpaired) electrons. The van der Waals surface area contributed by atoms with Crippen molar-refractivity contribution < 1.29 is 9.53 Å². The maximum atomic E-state index is 11.7. The van der Waals surface area contributed by atoms with E-state index in [4.69, 9.17) is 4.74 Å². The summed E-state index contributed by atoms with van der Waals surface area (Å²) in [4.78, 5) is 14.1. The molecule has 3 heteroatoms. The van der Waals surface area contributed by atoms with E-state index in [1.165, 1.54) is 25.5 Å². The summed E-state index contributed by atoms with van der Waals surface area (Å²) in [6.45, 7) is 2.32. The normalized spacial score (nSPS) is 29.1. The topological polar surface area (TPSA) is 29.5 Å². The van der Waals surface area contributed by atoms with Crippen molar-refractivity contribution >= 4 is 5.97 Å². The Labute approximate surface area is 122 Å². The van der Waals surface area contributed by atoms with Crippen LogP contribution in [-0.4, -0.2) is 38.1 Å². The molecule has 1 aliphatic carbocycles. The fourth-order valence-corrected chi connectivity index (χ4v) is 2.88. The lowest BCUT2D eigenvalue weighted by molar-refractivity contribution is -0.135. The number of nitrogens with zero attached hydrogens (tertiary/aromatic N) is 1. The van der Waals surface area contributed by atoms with Gasteiger partial charge in [-0.3, -0.25) is 0 Å². The van der Waals surface area contributed by atoms with Gasteiger partial charge in [-0.15, -0.1) is 0 Å². The van der Waals surface area contributed by atoms with Gasteiger partial charge < -0.3 is 9.64 Å². The molecular formula is C17H25NO2. The molecule has 1 fully saturated rings. The Hall–Kier alpha value is -1.35. The Balaban J connectivity index is 2.10. The van der Waals surface area contributed by atoms with Crippen LogP contribution in [0.5, 0.6) is 0 Å². The molecule has 3 nitrogen and oxygen atoms in total. The van der Waals surface area contributed by atoms with Gasteiger partial charge in [0.15, 0.2) is 0 Å². The van der Waals surface area contributed by atoms with Gasteiger partial charge in [0.05, 0.1) is 12.7 Å². The average molecular weight is 275 g/mol. The molecule has 1 heterocycles. The Kier molecular flexibility index (Phi) is 5.60. The number of hydrogen-bond acceptors (Lipinski definition) is 3. The van der Waals surface area contributed by atoms with E-state index in [2.05, 4.69) is 24.1 Å². The predicted octanol–water partition coefficient (Wildman–Crippen LogP) is 3.09. The zero-order valence-electron chi connectivity index (χ0n) is 12.6. The van der Waals surface area contributed by atoms with E-state index in [9.17, 15) is 4.79 Å². The predicted molar refractivity (Wildman–Crippen MR) is 81.4 cm³/mol. The largest absolute Gasteiger partial charge is 0.465 e. The molecule has 1 aliphatic heterocycles. The number of rotatable bonds is 2. The van der Waals surface area contributed by atoms with Crippen LogP contribution < -0.4 is 0 Å². The number of carbonyl (C=O) groups is 1. The maximum Gasteiger partial charge on any atom is 0.337 e. The summed E-state index contributed by atoms with van der Waals surface area (Å²) in [5.41, 5.74) is 2.09. The van der Waals surface area contributed by atoms with Crippen LogP contribution >= 0.6 is 0 Å². The molecule has 0 aromatic heterocycles. The molecule has 0 unspecified atom stereocenters. The number of methoxy groups -OCH3 is 1. The fourth-order valence-electron chi connectivity index (χ4n) is 2.88. The summed E-state index contributed by atoms with van der Waals surface area (Å²) in [5.74, 6) is 0.408. The van der Waals surface area contributed by atoms with Crippen LogP contribution in [0.1, 0.15) is 32.1 Å². The third-order valence-corrected chi connectivity index (χ3v) is 4.22. The van der Waals surface area contributed by atoms with Crippen LogP contribution in [0, 0.1) is 5.92 Å². The molecule has 1 saturated heterocycles. The fraction of sp³-hybridized carbons (Fsp3) is 0.588. The number of esters is 1. The summed E-state index contributed by atoms with van der Waals surface area (Å²) in [5, 5.41) is 0. The van der Waals surface area contributed by atoms with Crippen molar-refractivity contribution in [2.24, 2.45) is 5.92 Å². The number of carbonyl (C=O) groups excluding carboxylic acids is 1. The zero-order valence-corrected chi connectivity index (χ0v) is 12.6. The molecule has 0 aromatic rings. The molecule has 20 heavy (non-hydrogen) atoms. The van der Waals surface area contributed by atoms with Crippen LogP contribution in [0.15, 0.2) is 35.5 Å². The standard InChI is InChI=1S/C17H25NO2/c1-18-12-10-15(11-13-18)14-6-4-3-5-7-16(9-8-14)17(19)20-2/h6-9,15H,3-5,10-13H2,1-2H3/b9-8-,14-6-,16-7-. The van der Waals surface area contributed by atoms with Gasteiger partial charge in [-0.25, -0.2) is 4.79 Å². The molecule has 0 atom stereocenters. The highest BCUT2D eigenvalue weighted by Crippen LogP contribution is 2.27. The summed E-state index contributed by atoms with van der Waals surface area (Å²) in [6, 6.07) is 0. The van der Waals surface area contributed by atoms with Crippen molar-refractivity contribution in [3.8, 4) is 0 Å². The van der Waals surface area contributed by atoms with Crippen LogP contribution in [0.25, 0.3) is 0 Å². The van der Waals surface area contributed by atoms with Gasteiger partial charge >= 0.3 is 5.97 Å². The van der Waals surface area contributed by atoms with Crippen molar-refractivity contribution in [2.45, 2.75) is 32.1 Å². The highest BCUT2D eigenvalue weighted by Gasteiger charge is 2.19. The lowest BCUT2D eigenvalue weighted by Gasteiger charge is -2.29. The van der Waals surface area contributed by atoms with Crippen molar-refractivity contribution in [1.29, 1.82) is 0 Å². The van der Waals surface area contributed by atoms with Gasteiger partial charge in [0.1, 0.15) is 0 Å². The van der Waals surface area contributed by atoms with E-state index in [1.807, 2.05) is 12.2 Å². The van der Waals surface area contributed by atoms with Gasteiger partial charge in [0.25, 0.3) is 0 Å². The Morgan fingerprint density at radius 2 is 1.90 bits per heavy atom. The second-order valence-electron chi connectivity index (χ2n) is 5.70.